The summed E-state index contributed by atoms with van der Waals surface area (Å²) in [6.07, 6.45) is 0. The first-order valence-electron chi connectivity index (χ1n) is 17.1. The van der Waals surface area contributed by atoms with Gasteiger partial charge in [0, 0.05) is 31.5 Å². The fraction of sp³-hybridized carbons (Fsp3) is 0. The Labute approximate surface area is 294 Å². The predicted molar refractivity (Wildman–Crippen MR) is 217 cm³/mol. The van der Waals surface area contributed by atoms with E-state index in [-0.39, 0.29) is 0 Å². The molecule has 0 aliphatic rings. The lowest BCUT2D eigenvalue weighted by molar-refractivity contribution is 1.30. The Morgan fingerprint density at radius 3 is 1.62 bits per heavy atom. The molecule has 0 aliphatic carbocycles. The number of anilines is 3. The number of fused-ring (bicyclic) bond motifs is 8. The van der Waals surface area contributed by atoms with E-state index in [1.54, 1.807) is 0 Å². The molecular formula is C48H31NS. The van der Waals surface area contributed by atoms with Gasteiger partial charge in [-0.2, -0.15) is 0 Å². The lowest BCUT2D eigenvalue weighted by Crippen LogP contribution is -2.10. The summed E-state index contributed by atoms with van der Waals surface area (Å²) in [6, 6.07) is 68.7. The van der Waals surface area contributed by atoms with Crippen LogP contribution in [0.2, 0.25) is 0 Å². The Kier molecular flexibility index (Phi) is 6.75. The van der Waals surface area contributed by atoms with Crippen molar-refractivity contribution in [2.24, 2.45) is 0 Å². The van der Waals surface area contributed by atoms with Crippen LogP contribution in [-0.4, -0.2) is 0 Å². The predicted octanol–water partition coefficient (Wildman–Crippen LogP) is 14.3. The van der Waals surface area contributed by atoms with Crippen molar-refractivity contribution in [3.05, 3.63) is 188 Å². The second-order valence-electron chi connectivity index (χ2n) is 12.9. The molecule has 0 amide bonds. The van der Waals surface area contributed by atoms with E-state index in [2.05, 4.69) is 193 Å². The van der Waals surface area contributed by atoms with Crippen molar-refractivity contribution >= 4 is 80.9 Å². The van der Waals surface area contributed by atoms with E-state index in [1.807, 2.05) is 11.3 Å². The summed E-state index contributed by atoms with van der Waals surface area (Å²) in [5.74, 6) is 0. The van der Waals surface area contributed by atoms with Gasteiger partial charge in [0.05, 0.1) is 5.69 Å². The molecular weight excluding hydrogens is 623 g/mol. The van der Waals surface area contributed by atoms with Crippen molar-refractivity contribution in [3.8, 4) is 22.3 Å². The third-order valence-electron chi connectivity index (χ3n) is 10.1. The fourth-order valence-corrected chi connectivity index (χ4v) is 8.73. The minimum absolute atomic E-state index is 1.13. The van der Waals surface area contributed by atoms with Crippen LogP contribution in [0.3, 0.4) is 0 Å². The molecule has 0 atom stereocenters. The molecule has 10 rings (SSSR count). The Morgan fingerprint density at radius 2 is 0.860 bits per heavy atom. The number of hydrogen-bond donors (Lipinski definition) is 0. The molecule has 2 heteroatoms. The molecule has 0 unspecified atom stereocenters. The molecule has 0 bridgehead atoms. The van der Waals surface area contributed by atoms with Crippen molar-refractivity contribution in [1.29, 1.82) is 0 Å². The zero-order valence-corrected chi connectivity index (χ0v) is 28.1. The topological polar surface area (TPSA) is 3.24 Å². The summed E-state index contributed by atoms with van der Waals surface area (Å²) in [5.41, 5.74) is 8.29. The molecule has 0 saturated carbocycles. The second kappa shape index (κ2) is 11.7. The normalized spacial score (nSPS) is 11.6. The zero-order chi connectivity index (χ0) is 33.0. The van der Waals surface area contributed by atoms with Crippen LogP contribution in [0.5, 0.6) is 0 Å². The summed E-state index contributed by atoms with van der Waals surface area (Å²) in [6.45, 7) is 0. The maximum atomic E-state index is 2.42. The Morgan fingerprint density at radius 1 is 0.320 bits per heavy atom. The Hall–Kier alpha value is -6.22. The standard InChI is InChI=1S/C48H31NS/c1-2-9-32(10-3-1)33-19-25-38(26-20-33)49(45-14-8-16-47-48(45)43-13-6-7-15-46(43)50-47)39-27-21-34(22-28-39)37-18-17-36-24-29-41-40-12-5-4-11-35(40)23-30-42(41)44(36)31-37/h1-31H. The molecule has 1 heterocycles. The van der Waals surface area contributed by atoms with Gasteiger partial charge in [-0.1, -0.05) is 140 Å². The monoisotopic (exact) mass is 653 g/mol. The lowest BCUT2D eigenvalue weighted by atomic mass is 9.94. The molecule has 0 spiro atoms. The molecule has 0 N–H and O–H groups in total. The molecule has 0 fully saturated rings. The first-order valence-corrected chi connectivity index (χ1v) is 17.9. The van der Waals surface area contributed by atoms with Crippen LogP contribution in [0.4, 0.5) is 17.1 Å². The molecule has 10 aromatic rings. The maximum Gasteiger partial charge on any atom is 0.0554 e. The van der Waals surface area contributed by atoms with Crippen LogP contribution in [0.1, 0.15) is 0 Å². The summed E-state index contributed by atoms with van der Waals surface area (Å²) in [4.78, 5) is 2.42. The first-order chi connectivity index (χ1) is 24.8. The van der Waals surface area contributed by atoms with Gasteiger partial charge in [0.15, 0.2) is 0 Å². The van der Waals surface area contributed by atoms with Crippen molar-refractivity contribution < 1.29 is 0 Å². The van der Waals surface area contributed by atoms with Gasteiger partial charge in [-0.05, 0) is 103 Å². The van der Waals surface area contributed by atoms with Crippen LogP contribution in [-0.2, 0) is 0 Å². The van der Waals surface area contributed by atoms with E-state index in [0.717, 1.165) is 11.4 Å². The third-order valence-corrected chi connectivity index (χ3v) is 11.2. The largest absolute Gasteiger partial charge is 0.310 e. The van der Waals surface area contributed by atoms with E-state index in [0.29, 0.717) is 0 Å². The SMILES string of the molecule is c1ccc(-c2ccc(N(c3ccc(-c4ccc5ccc6c7ccccc7ccc6c5c4)cc3)c3cccc4sc5ccccc5c34)cc2)cc1. The van der Waals surface area contributed by atoms with Gasteiger partial charge in [0.1, 0.15) is 0 Å². The average Bonchev–Trinajstić information content (AvgIpc) is 3.58. The Bertz CT molecular complexity index is 2850. The van der Waals surface area contributed by atoms with Gasteiger partial charge in [0.2, 0.25) is 0 Å². The van der Waals surface area contributed by atoms with Crippen LogP contribution in [0, 0.1) is 0 Å². The summed E-state index contributed by atoms with van der Waals surface area (Å²) in [7, 11) is 0. The minimum atomic E-state index is 1.13. The van der Waals surface area contributed by atoms with Gasteiger partial charge >= 0.3 is 0 Å². The molecule has 50 heavy (non-hydrogen) atoms. The van der Waals surface area contributed by atoms with Crippen LogP contribution in [0.25, 0.3) is 74.7 Å². The van der Waals surface area contributed by atoms with Crippen LogP contribution >= 0.6 is 11.3 Å². The van der Waals surface area contributed by atoms with Crippen LogP contribution in [0.15, 0.2) is 188 Å². The van der Waals surface area contributed by atoms with E-state index in [9.17, 15) is 0 Å². The highest BCUT2D eigenvalue weighted by atomic mass is 32.1. The lowest BCUT2D eigenvalue weighted by Gasteiger charge is -2.27. The van der Waals surface area contributed by atoms with Gasteiger partial charge in [-0.3, -0.25) is 0 Å². The number of hydrogen-bond acceptors (Lipinski definition) is 2. The smallest absolute Gasteiger partial charge is 0.0554 e. The van der Waals surface area contributed by atoms with Gasteiger partial charge in [-0.15, -0.1) is 11.3 Å². The second-order valence-corrected chi connectivity index (χ2v) is 14.0. The number of benzene rings is 9. The minimum Gasteiger partial charge on any atom is -0.310 e. The summed E-state index contributed by atoms with van der Waals surface area (Å²) >= 11 is 1.86. The Balaban J connectivity index is 1.10. The van der Waals surface area contributed by atoms with E-state index in [4.69, 9.17) is 0 Å². The van der Waals surface area contributed by atoms with Gasteiger partial charge in [-0.25, -0.2) is 0 Å². The van der Waals surface area contributed by atoms with Gasteiger partial charge in [0.25, 0.3) is 0 Å². The molecule has 1 aromatic heterocycles. The quantitative estimate of drug-likeness (QED) is 0.167. The number of rotatable bonds is 5. The summed E-state index contributed by atoms with van der Waals surface area (Å²) in [5, 5.41) is 10.3. The molecule has 0 saturated heterocycles. The molecule has 0 radical (unpaired) electrons. The zero-order valence-electron chi connectivity index (χ0n) is 27.3. The van der Waals surface area contributed by atoms with Gasteiger partial charge < -0.3 is 4.90 Å². The molecule has 1 nitrogen and oxygen atoms in total. The fourth-order valence-electron chi connectivity index (χ4n) is 7.60. The van der Waals surface area contributed by atoms with Crippen LogP contribution < -0.4 is 4.90 Å². The van der Waals surface area contributed by atoms with Crippen molar-refractivity contribution in [2.75, 3.05) is 4.90 Å². The summed E-state index contributed by atoms with van der Waals surface area (Å²) < 4.78 is 2.60. The van der Waals surface area contributed by atoms with Crippen molar-refractivity contribution in [3.63, 3.8) is 0 Å². The van der Waals surface area contributed by atoms with E-state index < -0.39 is 0 Å². The number of thiophene rings is 1. The molecule has 0 aliphatic heterocycles. The highest BCUT2D eigenvalue weighted by Crippen LogP contribution is 2.45. The maximum absolute atomic E-state index is 2.42. The molecule has 9 aromatic carbocycles. The highest BCUT2D eigenvalue weighted by Gasteiger charge is 2.19. The highest BCUT2D eigenvalue weighted by molar-refractivity contribution is 7.26. The first kappa shape index (κ1) is 28.8. The third kappa shape index (κ3) is 4.76. The van der Waals surface area contributed by atoms with Crippen molar-refractivity contribution in [2.45, 2.75) is 0 Å². The molecule has 234 valence electrons. The van der Waals surface area contributed by atoms with E-state index in [1.165, 1.54) is 80.4 Å². The van der Waals surface area contributed by atoms with Crippen molar-refractivity contribution in [1.82, 2.24) is 0 Å². The average molecular weight is 654 g/mol. The van der Waals surface area contributed by atoms with E-state index >= 15 is 0 Å². The number of nitrogens with zero attached hydrogens (tertiary/aromatic N) is 1.